The van der Waals surface area contributed by atoms with Gasteiger partial charge in [0.15, 0.2) is 0 Å². The van der Waals surface area contributed by atoms with Gasteiger partial charge in [-0.15, -0.1) is 10.2 Å². The minimum Gasteiger partial charge on any atom is -0.143 e. The van der Waals surface area contributed by atoms with Crippen LogP contribution in [-0.4, -0.2) is 10.2 Å². The third-order valence-electron chi connectivity index (χ3n) is 2.35. The van der Waals surface area contributed by atoms with Crippen molar-refractivity contribution in [2.45, 2.75) is 24.6 Å². The molecule has 0 radical (unpaired) electrons. The summed E-state index contributed by atoms with van der Waals surface area (Å²) >= 11 is 11.2. The summed E-state index contributed by atoms with van der Waals surface area (Å²) in [7, 11) is 0. The molecule has 0 saturated heterocycles. The molecular weight excluding hydrogens is 320 g/mol. The van der Waals surface area contributed by atoms with E-state index in [2.05, 4.69) is 39.1 Å². The van der Waals surface area contributed by atoms with E-state index in [-0.39, 0.29) is 0 Å². The Morgan fingerprint density at radius 2 is 2.24 bits per heavy atom. The Morgan fingerprint density at radius 1 is 1.41 bits per heavy atom. The molecule has 1 unspecified atom stereocenters. The van der Waals surface area contributed by atoms with Crippen LogP contribution in [0, 0.1) is 0 Å². The lowest BCUT2D eigenvalue weighted by Crippen LogP contribution is -1.87. The van der Waals surface area contributed by atoms with Crippen molar-refractivity contribution in [3.63, 3.8) is 0 Å². The summed E-state index contributed by atoms with van der Waals surface area (Å²) in [4.78, 5) is 0.313. The first-order chi connectivity index (χ1) is 8.19. The predicted molar refractivity (Wildman–Crippen MR) is 76.1 cm³/mol. The van der Waals surface area contributed by atoms with Gasteiger partial charge < -0.3 is 0 Å². The van der Waals surface area contributed by atoms with Gasteiger partial charge in [0, 0.05) is 11.4 Å². The van der Waals surface area contributed by atoms with E-state index in [0.29, 0.717) is 4.83 Å². The first kappa shape index (κ1) is 13.0. The molecule has 2 aromatic rings. The number of hydrogen-bond donors (Lipinski definition) is 0. The van der Waals surface area contributed by atoms with Crippen LogP contribution >= 0.6 is 38.9 Å². The summed E-state index contributed by atoms with van der Waals surface area (Å²) in [5.41, 5.74) is 1.17. The molecule has 1 aromatic carbocycles. The van der Waals surface area contributed by atoms with Crippen molar-refractivity contribution in [3.8, 4) is 0 Å². The van der Waals surface area contributed by atoms with Crippen molar-refractivity contribution in [1.29, 1.82) is 0 Å². The van der Waals surface area contributed by atoms with Gasteiger partial charge in [-0.2, -0.15) is 0 Å². The summed E-state index contributed by atoms with van der Waals surface area (Å²) < 4.78 is 0. The molecule has 90 valence electrons. The molecule has 2 nitrogen and oxygen atoms in total. The smallest absolute Gasteiger partial charge is 0.131 e. The van der Waals surface area contributed by atoms with E-state index in [1.807, 2.05) is 18.2 Å². The molecule has 0 aliphatic heterocycles. The topological polar surface area (TPSA) is 25.8 Å². The Balaban J connectivity index is 2.11. The van der Waals surface area contributed by atoms with Crippen molar-refractivity contribution in [1.82, 2.24) is 10.2 Å². The largest absolute Gasteiger partial charge is 0.143 e. The maximum absolute atomic E-state index is 5.95. The molecular formula is C12H12BrClN2S. The quantitative estimate of drug-likeness (QED) is 0.763. The highest BCUT2D eigenvalue weighted by molar-refractivity contribution is 9.09. The Kier molecular flexibility index (Phi) is 4.54. The number of alkyl halides is 1. The SMILES string of the molecule is CCC(Br)c1nnc(Cc2cccc(Cl)c2)s1. The molecule has 0 bridgehead atoms. The monoisotopic (exact) mass is 330 g/mol. The van der Waals surface area contributed by atoms with E-state index in [1.165, 1.54) is 5.56 Å². The lowest BCUT2D eigenvalue weighted by molar-refractivity contribution is 0.862. The van der Waals surface area contributed by atoms with Crippen LogP contribution in [0.4, 0.5) is 0 Å². The first-order valence-electron chi connectivity index (χ1n) is 5.40. The number of halogens is 2. The van der Waals surface area contributed by atoms with Gasteiger partial charge in [-0.3, -0.25) is 0 Å². The fraction of sp³-hybridized carbons (Fsp3) is 0.333. The normalized spacial score (nSPS) is 12.6. The molecule has 0 aliphatic rings. The Hall–Kier alpha value is -0.450. The maximum atomic E-state index is 5.95. The zero-order valence-electron chi connectivity index (χ0n) is 9.36. The second-order valence-electron chi connectivity index (χ2n) is 3.72. The molecule has 1 heterocycles. The van der Waals surface area contributed by atoms with Crippen LogP contribution in [0.1, 0.15) is 33.8 Å². The van der Waals surface area contributed by atoms with Crippen molar-refractivity contribution < 1.29 is 0 Å². The van der Waals surface area contributed by atoms with E-state index >= 15 is 0 Å². The number of hydrogen-bond acceptors (Lipinski definition) is 3. The number of rotatable bonds is 4. The lowest BCUT2D eigenvalue weighted by atomic mass is 10.2. The van der Waals surface area contributed by atoms with Gasteiger partial charge in [0.2, 0.25) is 0 Å². The Labute approximate surface area is 118 Å². The van der Waals surface area contributed by atoms with Gasteiger partial charge in [0.05, 0.1) is 4.83 Å². The van der Waals surface area contributed by atoms with Gasteiger partial charge in [-0.05, 0) is 24.1 Å². The third-order valence-corrected chi connectivity index (χ3v) is 5.01. The van der Waals surface area contributed by atoms with Crippen LogP contribution in [0.2, 0.25) is 5.02 Å². The van der Waals surface area contributed by atoms with Gasteiger partial charge in [0.25, 0.3) is 0 Å². The number of benzene rings is 1. The summed E-state index contributed by atoms with van der Waals surface area (Å²) in [5, 5.41) is 11.2. The van der Waals surface area contributed by atoms with Crippen molar-refractivity contribution in [3.05, 3.63) is 44.9 Å². The van der Waals surface area contributed by atoms with Crippen LogP contribution in [0.25, 0.3) is 0 Å². The minimum atomic E-state index is 0.313. The zero-order chi connectivity index (χ0) is 12.3. The Bertz CT molecular complexity index is 501. The molecule has 2 rings (SSSR count). The summed E-state index contributed by atoms with van der Waals surface area (Å²) in [6.45, 7) is 2.12. The molecule has 0 fully saturated rings. The Morgan fingerprint density at radius 3 is 2.94 bits per heavy atom. The predicted octanol–water partition coefficient (Wildman–Crippen LogP) is 4.63. The van der Waals surface area contributed by atoms with E-state index < -0.39 is 0 Å². The molecule has 0 saturated carbocycles. The van der Waals surface area contributed by atoms with Crippen molar-refractivity contribution >= 4 is 38.9 Å². The second kappa shape index (κ2) is 5.94. The fourth-order valence-corrected chi connectivity index (χ4v) is 2.98. The van der Waals surface area contributed by atoms with E-state index in [4.69, 9.17) is 11.6 Å². The molecule has 1 atom stereocenters. The zero-order valence-corrected chi connectivity index (χ0v) is 12.5. The summed E-state index contributed by atoms with van der Waals surface area (Å²) in [6.07, 6.45) is 1.81. The van der Waals surface area contributed by atoms with Crippen LogP contribution in [0.3, 0.4) is 0 Å². The van der Waals surface area contributed by atoms with Crippen LogP contribution in [0.5, 0.6) is 0 Å². The standard InChI is InChI=1S/C12H12BrClN2S/c1-2-10(13)12-16-15-11(17-12)7-8-4-3-5-9(14)6-8/h3-6,10H,2,7H2,1H3. The number of nitrogens with zero attached hydrogens (tertiary/aromatic N) is 2. The highest BCUT2D eigenvalue weighted by Gasteiger charge is 2.11. The van der Waals surface area contributed by atoms with E-state index in [1.54, 1.807) is 11.3 Å². The first-order valence-corrected chi connectivity index (χ1v) is 7.51. The molecule has 0 spiro atoms. The van der Waals surface area contributed by atoms with E-state index in [9.17, 15) is 0 Å². The lowest BCUT2D eigenvalue weighted by Gasteiger charge is -1.99. The third kappa shape index (κ3) is 3.50. The molecule has 0 N–H and O–H groups in total. The van der Waals surface area contributed by atoms with Gasteiger partial charge in [-0.1, -0.05) is 57.9 Å². The average Bonchev–Trinajstić information content (AvgIpc) is 2.76. The van der Waals surface area contributed by atoms with Gasteiger partial charge in [0.1, 0.15) is 10.0 Å². The highest BCUT2D eigenvalue weighted by atomic mass is 79.9. The van der Waals surface area contributed by atoms with Crippen molar-refractivity contribution in [2.75, 3.05) is 0 Å². The summed E-state index contributed by atoms with van der Waals surface area (Å²) in [5.74, 6) is 0. The summed E-state index contributed by atoms with van der Waals surface area (Å²) in [6, 6.07) is 7.85. The second-order valence-corrected chi connectivity index (χ2v) is 6.35. The van der Waals surface area contributed by atoms with Crippen LogP contribution < -0.4 is 0 Å². The highest BCUT2D eigenvalue weighted by Crippen LogP contribution is 2.29. The average molecular weight is 332 g/mol. The maximum Gasteiger partial charge on any atom is 0.131 e. The molecule has 0 aliphatic carbocycles. The van der Waals surface area contributed by atoms with Crippen molar-refractivity contribution in [2.24, 2.45) is 0 Å². The molecule has 5 heteroatoms. The minimum absolute atomic E-state index is 0.313. The van der Waals surface area contributed by atoms with E-state index in [0.717, 1.165) is 27.9 Å². The van der Waals surface area contributed by atoms with Gasteiger partial charge >= 0.3 is 0 Å². The van der Waals surface area contributed by atoms with Crippen LogP contribution in [0.15, 0.2) is 24.3 Å². The number of aromatic nitrogens is 2. The molecule has 1 aromatic heterocycles. The molecule has 0 amide bonds. The van der Waals surface area contributed by atoms with Crippen LogP contribution in [-0.2, 0) is 6.42 Å². The molecule has 17 heavy (non-hydrogen) atoms. The van der Waals surface area contributed by atoms with Gasteiger partial charge in [-0.25, -0.2) is 0 Å². The fourth-order valence-electron chi connectivity index (χ4n) is 1.46.